The molecule has 3 unspecified atom stereocenters. The second-order valence-electron chi connectivity index (χ2n) is 6.41. The van der Waals surface area contributed by atoms with Gasteiger partial charge in [-0.1, -0.05) is 43.9 Å². The highest BCUT2D eigenvalue weighted by molar-refractivity contribution is 6.30. The third kappa shape index (κ3) is 3.14. The molecule has 1 fully saturated rings. The van der Waals surface area contributed by atoms with Crippen molar-refractivity contribution < 1.29 is 0 Å². The van der Waals surface area contributed by atoms with E-state index >= 15 is 0 Å². The molecule has 1 aromatic rings. The molecule has 1 N–H and O–H groups in total. The Morgan fingerprint density at radius 1 is 1.05 bits per heavy atom. The first-order valence-corrected chi connectivity index (χ1v) is 8.13. The lowest BCUT2D eigenvalue weighted by Crippen LogP contribution is -2.42. The van der Waals surface area contributed by atoms with Gasteiger partial charge in [-0.05, 0) is 54.9 Å². The number of hydrogen-bond donors (Lipinski definition) is 1. The molecule has 3 atom stereocenters. The SMILES string of the molecule is CC1CCCCCC1NC1Cc2ccc(Cl)cc2C1. The number of rotatable bonds is 2. The third-order valence-corrected chi connectivity index (χ3v) is 5.15. The maximum atomic E-state index is 6.09. The van der Waals surface area contributed by atoms with Crippen LogP contribution in [0.4, 0.5) is 0 Å². The lowest BCUT2D eigenvalue weighted by Gasteiger charge is -2.26. The van der Waals surface area contributed by atoms with Crippen LogP contribution in [0, 0.1) is 5.92 Å². The fourth-order valence-electron chi connectivity index (χ4n) is 3.75. The van der Waals surface area contributed by atoms with Crippen molar-refractivity contribution in [1.29, 1.82) is 0 Å². The molecule has 0 radical (unpaired) electrons. The van der Waals surface area contributed by atoms with Gasteiger partial charge in [0.25, 0.3) is 0 Å². The van der Waals surface area contributed by atoms with Gasteiger partial charge in [-0.3, -0.25) is 0 Å². The molecular formula is C17H24ClN. The molecule has 0 amide bonds. The zero-order chi connectivity index (χ0) is 13.2. The highest BCUT2D eigenvalue weighted by Gasteiger charge is 2.26. The molecule has 1 aromatic carbocycles. The second-order valence-corrected chi connectivity index (χ2v) is 6.84. The van der Waals surface area contributed by atoms with Gasteiger partial charge in [0.1, 0.15) is 0 Å². The minimum atomic E-state index is 0.624. The summed E-state index contributed by atoms with van der Waals surface area (Å²) in [4.78, 5) is 0. The molecule has 0 bridgehead atoms. The van der Waals surface area contributed by atoms with E-state index in [1.807, 2.05) is 6.07 Å². The van der Waals surface area contributed by atoms with E-state index in [4.69, 9.17) is 11.6 Å². The fraction of sp³-hybridized carbons (Fsp3) is 0.647. The maximum absolute atomic E-state index is 6.09. The molecule has 0 heterocycles. The summed E-state index contributed by atoms with van der Waals surface area (Å²) in [6, 6.07) is 7.72. The number of hydrogen-bond acceptors (Lipinski definition) is 1. The molecule has 104 valence electrons. The lowest BCUT2D eigenvalue weighted by molar-refractivity contribution is 0.323. The lowest BCUT2D eigenvalue weighted by atomic mass is 9.96. The molecule has 3 rings (SSSR count). The van der Waals surface area contributed by atoms with Gasteiger partial charge in [0.05, 0.1) is 0 Å². The summed E-state index contributed by atoms with van der Waals surface area (Å²) >= 11 is 6.09. The zero-order valence-corrected chi connectivity index (χ0v) is 12.5. The van der Waals surface area contributed by atoms with E-state index in [2.05, 4.69) is 24.4 Å². The van der Waals surface area contributed by atoms with Crippen LogP contribution >= 0.6 is 11.6 Å². The van der Waals surface area contributed by atoms with Gasteiger partial charge in [-0.2, -0.15) is 0 Å². The number of nitrogens with one attached hydrogen (secondary N) is 1. The average Bonchev–Trinajstić information content (AvgIpc) is 2.66. The molecule has 2 aliphatic carbocycles. The Balaban J connectivity index is 1.63. The summed E-state index contributed by atoms with van der Waals surface area (Å²) in [6.07, 6.45) is 9.31. The summed E-state index contributed by atoms with van der Waals surface area (Å²) in [5.41, 5.74) is 2.94. The molecule has 0 spiro atoms. The van der Waals surface area contributed by atoms with Crippen molar-refractivity contribution in [3.63, 3.8) is 0 Å². The molecular weight excluding hydrogens is 254 g/mol. The van der Waals surface area contributed by atoms with Gasteiger partial charge in [0.2, 0.25) is 0 Å². The van der Waals surface area contributed by atoms with Crippen LogP contribution in [-0.2, 0) is 12.8 Å². The molecule has 19 heavy (non-hydrogen) atoms. The Kier molecular flexibility index (Phi) is 4.14. The molecule has 2 heteroatoms. The number of benzene rings is 1. The minimum Gasteiger partial charge on any atom is -0.310 e. The smallest absolute Gasteiger partial charge is 0.0408 e. The van der Waals surface area contributed by atoms with Crippen LogP contribution in [0.25, 0.3) is 0 Å². The van der Waals surface area contributed by atoms with E-state index in [0.29, 0.717) is 6.04 Å². The van der Waals surface area contributed by atoms with Crippen molar-refractivity contribution in [3.8, 4) is 0 Å². The standard InChI is InChI=1S/C17H24ClN/c1-12-5-3-2-4-6-17(12)19-16-10-13-7-8-15(18)9-14(13)11-16/h7-9,12,16-17,19H,2-6,10-11H2,1H3. The Morgan fingerprint density at radius 3 is 2.74 bits per heavy atom. The first-order chi connectivity index (χ1) is 9.22. The van der Waals surface area contributed by atoms with Crippen LogP contribution < -0.4 is 5.32 Å². The van der Waals surface area contributed by atoms with Gasteiger partial charge in [0.15, 0.2) is 0 Å². The summed E-state index contributed by atoms with van der Waals surface area (Å²) < 4.78 is 0. The molecule has 0 aromatic heterocycles. The zero-order valence-electron chi connectivity index (χ0n) is 11.8. The van der Waals surface area contributed by atoms with Crippen molar-refractivity contribution >= 4 is 11.6 Å². The first kappa shape index (κ1) is 13.5. The fourth-order valence-corrected chi connectivity index (χ4v) is 3.94. The Labute approximate surface area is 121 Å². The molecule has 2 aliphatic rings. The quantitative estimate of drug-likeness (QED) is 0.792. The van der Waals surface area contributed by atoms with Crippen LogP contribution in [0.15, 0.2) is 18.2 Å². The van der Waals surface area contributed by atoms with Crippen LogP contribution in [-0.4, -0.2) is 12.1 Å². The van der Waals surface area contributed by atoms with E-state index < -0.39 is 0 Å². The van der Waals surface area contributed by atoms with Crippen LogP contribution in [0.3, 0.4) is 0 Å². The van der Waals surface area contributed by atoms with Crippen molar-refractivity contribution in [2.24, 2.45) is 5.92 Å². The van der Waals surface area contributed by atoms with Crippen molar-refractivity contribution in [3.05, 3.63) is 34.3 Å². The van der Waals surface area contributed by atoms with Gasteiger partial charge in [-0.15, -0.1) is 0 Å². The van der Waals surface area contributed by atoms with Crippen molar-refractivity contribution in [1.82, 2.24) is 5.32 Å². The largest absolute Gasteiger partial charge is 0.310 e. The molecule has 0 saturated heterocycles. The minimum absolute atomic E-state index is 0.624. The van der Waals surface area contributed by atoms with Crippen LogP contribution in [0.5, 0.6) is 0 Å². The number of fused-ring (bicyclic) bond motifs is 1. The molecule has 1 nitrogen and oxygen atoms in total. The number of halogens is 1. The summed E-state index contributed by atoms with van der Waals surface area (Å²) in [5, 5.41) is 4.81. The van der Waals surface area contributed by atoms with E-state index in [1.54, 1.807) is 0 Å². The summed E-state index contributed by atoms with van der Waals surface area (Å²) in [7, 11) is 0. The highest BCUT2D eigenvalue weighted by Crippen LogP contribution is 2.28. The third-order valence-electron chi connectivity index (χ3n) is 4.91. The van der Waals surface area contributed by atoms with Crippen LogP contribution in [0.2, 0.25) is 5.02 Å². The van der Waals surface area contributed by atoms with Gasteiger partial charge in [0, 0.05) is 17.1 Å². The van der Waals surface area contributed by atoms with Crippen molar-refractivity contribution in [2.45, 2.75) is 64.0 Å². The molecule has 1 saturated carbocycles. The topological polar surface area (TPSA) is 12.0 Å². The van der Waals surface area contributed by atoms with Gasteiger partial charge >= 0.3 is 0 Å². The average molecular weight is 278 g/mol. The van der Waals surface area contributed by atoms with Crippen molar-refractivity contribution in [2.75, 3.05) is 0 Å². The van der Waals surface area contributed by atoms with Gasteiger partial charge < -0.3 is 5.32 Å². The van der Waals surface area contributed by atoms with E-state index in [1.165, 1.54) is 49.7 Å². The van der Waals surface area contributed by atoms with Crippen LogP contribution in [0.1, 0.15) is 50.2 Å². The highest BCUT2D eigenvalue weighted by atomic mass is 35.5. The van der Waals surface area contributed by atoms with Gasteiger partial charge in [-0.25, -0.2) is 0 Å². The monoisotopic (exact) mass is 277 g/mol. The predicted molar refractivity (Wildman–Crippen MR) is 81.8 cm³/mol. The first-order valence-electron chi connectivity index (χ1n) is 7.76. The normalized spacial score (nSPS) is 30.9. The van der Waals surface area contributed by atoms with E-state index in [0.717, 1.165) is 23.4 Å². The maximum Gasteiger partial charge on any atom is 0.0408 e. The Hall–Kier alpha value is -0.530. The Bertz CT molecular complexity index is 443. The summed E-state index contributed by atoms with van der Waals surface area (Å²) in [6.45, 7) is 2.42. The summed E-state index contributed by atoms with van der Waals surface area (Å²) in [5.74, 6) is 0.829. The molecule has 0 aliphatic heterocycles. The predicted octanol–water partition coefficient (Wildman–Crippen LogP) is 4.37. The van der Waals surface area contributed by atoms with E-state index in [-0.39, 0.29) is 0 Å². The second kappa shape index (κ2) is 5.85. The Morgan fingerprint density at radius 2 is 1.84 bits per heavy atom. The van der Waals surface area contributed by atoms with E-state index in [9.17, 15) is 0 Å².